The molecule has 3 rings (SSSR count). The Bertz CT molecular complexity index is 1140. The number of halogens is 2. The maximum atomic E-state index is 14.7. The Balaban J connectivity index is 2.27. The summed E-state index contributed by atoms with van der Waals surface area (Å²) in [6.45, 7) is 3.25. The maximum Gasteiger partial charge on any atom is 0.178 e. The molecule has 1 N–H and O–H groups in total. The quantitative estimate of drug-likeness (QED) is 0.729. The van der Waals surface area contributed by atoms with E-state index < -0.39 is 33.0 Å². The lowest BCUT2D eigenvalue weighted by Gasteiger charge is -2.09. The van der Waals surface area contributed by atoms with Crippen molar-refractivity contribution in [2.45, 2.75) is 25.3 Å². The van der Waals surface area contributed by atoms with E-state index in [1.54, 1.807) is 6.07 Å². The molecule has 0 spiro atoms. The first kappa shape index (κ1) is 19.2. The zero-order valence-corrected chi connectivity index (χ0v) is 15.7. The molecule has 0 saturated carbocycles. The van der Waals surface area contributed by atoms with Crippen molar-refractivity contribution >= 4 is 9.84 Å². The summed E-state index contributed by atoms with van der Waals surface area (Å²) in [4.78, 5) is -0.738. The number of nitrogens with zero attached hydrogens (tertiary/aromatic N) is 1. The van der Waals surface area contributed by atoms with Crippen LogP contribution in [-0.4, -0.2) is 24.9 Å². The van der Waals surface area contributed by atoms with E-state index >= 15 is 0 Å². The largest absolute Gasteiger partial charge is 0.388 e. The SMILES string of the molecule is Cc1ccc(-c2noc(CO)c2-c2cc(F)c(S(C)(=O)=O)cc2F)cc1C. The number of aliphatic hydroxyl groups excluding tert-OH is 1. The Morgan fingerprint density at radius 2 is 1.78 bits per heavy atom. The smallest absolute Gasteiger partial charge is 0.178 e. The lowest BCUT2D eigenvalue weighted by molar-refractivity contribution is 0.230. The lowest BCUT2D eigenvalue weighted by atomic mass is 9.96. The molecule has 2 aromatic carbocycles. The van der Waals surface area contributed by atoms with Gasteiger partial charge in [0.2, 0.25) is 0 Å². The highest BCUT2D eigenvalue weighted by Gasteiger charge is 2.25. The van der Waals surface area contributed by atoms with Crippen molar-refractivity contribution in [3.05, 3.63) is 58.9 Å². The van der Waals surface area contributed by atoms with Crippen molar-refractivity contribution in [3.8, 4) is 22.4 Å². The minimum atomic E-state index is -3.93. The second-order valence-electron chi connectivity index (χ2n) is 6.32. The van der Waals surface area contributed by atoms with Crippen LogP contribution in [-0.2, 0) is 16.4 Å². The molecule has 142 valence electrons. The van der Waals surface area contributed by atoms with Gasteiger partial charge in [-0.25, -0.2) is 17.2 Å². The molecule has 0 aliphatic heterocycles. The van der Waals surface area contributed by atoms with Crippen molar-refractivity contribution in [2.24, 2.45) is 0 Å². The van der Waals surface area contributed by atoms with E-state index in [0.29, 0.717) is 11.6 Å². The summed E-state index contributed by atoms with van der Waals surface area (Å²) in [6, 6.07) is 6.83. The molecule has 0 aliphatic rings. The van der Waals surface area contributed by atoms with Gasteiger partial charge < -0.3 is 9.63 Å². The average molecular weight is 393 g/mol. The van der Waals surface area contributed by atoms with E-state index in [1.807, 2.05) is 26.0 Å². The summed E-state index contributed by atoms with van der Waals surface area (Å²) in [5, 5.41) is 13.4. The molecule has 0 atom stereocenters. The van der Waals surface area contributed by atoms with Crippen LogP contribution in [0, 0.1) is 25.5 Å². The predicted octanol–water partition coefficient (Wildman–Crippen LogP) is 3.80. The molecule has 1 heterocycles. The van der Waals surface area contributed by atoms with Crippen LogP contribution in [0.4, 0.5) is 8.78 Å². The monoisotopic (exact) mass is 393 g/mol. The highest BCUT2D eigenvalue weighted by molar-refractivity contribution is 7.90. The number of hydrogen-bond acceptors (Lipinski definition) is 5. The lowest BCUT2D eigenvalue weighted by Crippen LogP contribution is -2.03. The molecule has 0 saturated heterocycles. The minimum Gasteiger partial charge on any atom is -0.388 e. The molecule has 27 heavy (non-hydrogen) atoms. The number of hydrogen-bond donors (Lipinski definition) is 1. The highest BCUT2D eigenvalue weighted by atomic mass is 32.2. The number of benzene rings is 2. The van der Waals surface area contributed by atoms with Crippen molar-refractivity contribution < 1.29 is 26.8 Å². The fourth-order valence-electron chi connectivity index (χ4n) is 2.80. The fourth-order valence-corrected chi connectivity index (χ4v) is 3.53. The summed E-state index contributed by atoms with van der Waals surface area (Å²) >= 11 is 0. The Labute approximate surface area is 155 Å². The molecule has 0 bridgehead atoms. The molecule has 3 aromatic rings. The van der Waals surface area contributed by atoms with E-state index in [4.69, 9.17) is 4.52 Å². The van der Waals surface area contributed by atoms with E-state index in [-0.39, 0.29) is 22.6 Å². The van der Waals surface area contributed by atoms with E-state index in [0.717, 1.165) is 23.4 Å². The van der Waals surface area contributed by atoms with Crippen molar-refractivity contribution in [1.29, 1.82) is 0 Å². The second kappa shape index (κ2) is 6.86. The van der Waals surface area contributed by atoms with Gasteiger partial charge in [0.1, 0.15) is 28.8 Å². The van der Waals surface area contributed by atoms with Crippen molar-refractivity contribution in [2.75, 3.05) is 6.26 Å². The highest BCUT2D eigenvalue weighted by Crippen LogP contribution is 2.38. The Hall–Kier alpha value is -2.58. The normalized spacial score (nSPS) is 11.8. The Morgan fingerprint density at radius 1 is 1.07 bits per heavy atom. The van der Waals surface area contributed by atoms with Crippen molar-refractivity contribution in [1.82, 2.24) is 5.16 Å². The summed E-state index contributed by atoms with van der Waals surface area (Å²) in [6.07, 6.45) is 0.795. The van der Waals surface area contributed by atoms with Crippen LogP contribution in [0.5, 0.6) is 0 Å². The van der Waals surface area contributed by atoms with Gasteiger partial charge in [-0.3, -0.25) is 0 Å². The van der Waals surface area contributed by atoms with E-state index in [2.05, 4.69) is 5.16 Å². The van der Waals surface area contributed by atoms with Gasteiger partial charge in [-0.2, -0.15) is 0 Å². The second-order valence-corrected chi connectivity index (χ2v) is 8.31. The van der Waals surface area contributed by atoms with Gasteiger partial charge >= 0.3 is 0 Å². The Morgan fingerprint density at radius 3 is 2.37 bits per heavy atom. The van der Waals surface area contributed by atoms with Crippen LogP contribution in [0.1, 0.15) is 16.9 Å². The molecule has 1 aromatic heterocycles. The molecular weight excluding hydrogens is 376 g/mol. The number of aromatic nitrogens is 1. The standard InChI is InChI=1S/C19H17F2NO4S/c1-10-4-5-12(6-11(10)2)19-18(16(9-23)26-22-19)13-7-15(21)17(8-14(13)20)27(3,24)25/h4-8,23H,9H2,1-3H3. The summed E-state index contributed by atoms with van der Waals surface area (Å²) < 4.78 is 57.4. The fraction of sp³-hybridized carbons (Fsp3) is 0.211. The van der Waals surface area contributed by atoms with Gasteiger partial charge in [-0.05, 0) is 43.2 Å². The number of rotatable bonds is 4. The van der Waals surface area contributed by atoms with Gasteiger partial charge in [-0.1, -0.05) is 17.3 Å². The van der Waals surface area contributed by atoms with Gasteiger partial charge in [0.05, 0.1) is 5.56 Å². The van der Waals surface area contributed by atoms with Crippen LogP contribution in [0.25, 0.3) is 22.4 Å². The first-order valence-corrected chi connectivity index (χ1v) is 9.89. The molecule has 5 nitrogen and oxygen atoms in total. The Kier molecular flexibility index (Phi) is 4.88. The third-order valence-corrected chi connectivity index (χ3v) is 5.49. The van der Waals surface area contributed by atoms with Gasteiger partial charge in [0.15, 0.2) is 15.6 Å². The zero-order valence-electron chi connectivity index (χ0n) is 14.9. The summed E-state index contributed by atoms with van der Waals surface area (Å²) in [7, 11) is -3.93. The van der Waals surface area contributed by atoms with Gasteiger partial charge in [0, 0.05) is 17.4 Å². The van der Waals surface area contributed by atoms with Crippen molar-refractivity contribution in [3.63, 3.8) is 0 Å². The van der Waals surface area contributed by atoms with Crippen LogP contribution in [0.15, 0.2) is 39.8 Å². The predicted molar refractivity (Wildman–Crippen MR) is 95.8 cm³/mol. The number of aryl methyl sites for hydroxylation is 2. The topological polar surface area (TPSA) is 80.4 Å². The van der Waals surface area contributed by atoms with Crippen LogP contribution < -0.4 is 0 Å². The number of aliphatic hydroxyl groups is 1. The van der Waals surface area contributed by atoms with Crippen LogP contribution in [0.2, 0.25) is 0 Å². The van der Waals surface area contributed by atoms with Crippen LogP contribution >= 0.6 is 0 Å². The van der Waals surface area contributed by atoms with Crippen LogP contribution in [0.3, 0.4) is 0 Å². The summed E-state index contributed by atoms with van der Waals surface area (Å²) in [5.74, 6) is -2.10. The third kappa shape index (κ3) is 3.50. The van der Waals surface area contributed by atoms with Gasteiger partial charge in [-0.15, -0.1) is 0 Å². The zero-order chi connectivity index (χ0) is 19.9. The van der Waals surface area contributed by atoms with E-state index in [1.165, 1.54) is 0 Å². The molecule has 0 amide bonds. The van der Waals surface area contributed by atoms with Gasteiger partial charge in [0.25, 0.3) is 0 Å². The first-order chi connectivity index (χ1) is 12.6. The molecule has 0 aliphatic carbocycles. The number of sulfone groups is 1. The molecule has 0 unspecified atom stereocenters. The molecule has 0 fully saturated rings. The molecule has 0 radical (unpaired) electrons. The first-order valence-electron chi connectivity index (χ1n) is 8.00. The minimum absolute atomic E-state index is 0.0476. The third-order valence-electron chi connectivity index (χ3n) is 4.38. The van der Waals surface area contributed by atoms with E-state index in [9.17, 15) is 22.3 Å². The summed E-state index contributed by atoms with van der Waals surface area (Å²) in [5.41, 5.74) is 2.68. The molecular formula is C19H17F2NO4S. The molecule has 8 heteroatoms. The maximum absolute atomic E-state index is 14.7. The average Bonchev–Trinajstić information content (AvgIpc) is 3.01.